The Morgan fingerprint density at radius 2 is 2.00 bits per heavy atom. The molecule has 1 aromatic heterocycles. The maximum Gasteiger partial charge on any atom is 0.228 e. The molecule has 2 aliphatic rings. The van der Waals surface area contributed by atoms with Crippen molar-refractivity contribution in [1.82, 2.24) is 14.8 Å². The number of aromatic nitrogens is 1. The van der Waals surface area contributed by atoms with Crippen LogP contribution in [0.1, 0.15) is 40.4 Å². The first-order valence-electron chi connectivity index (χ1n) is 10.3. The van der Waals surface area contributed by atoms with Crippen LogP contribution < -0.4 is 5.32 Å². The molecule has 1 fully saturated rings. The standard InChI is InChI=1S/C22H30N4OS/c1-15-21(28-16(2)24-15)12-22(27)26-13-17-6-4-5-7-20(17)23-11-10-18-8-9-19(14-26)25(18)3/h4-7,18-19,23H,8-14H2,1-3H3/t18-,19+/m0/s1. The molecule has 2 atom stereocenters. The van der Waals surface area contributed by atoms with E-state index in [1.54, 1.807) is 11.3 Å². The van der Waals surface area contributed by atoms with Gasteiger partial charge in [-0.15, -0.1) is 11.3 Å². The molecule has 2 bridgehead atoms. The molecule has 2 aliphatic heterocycles. The first-order valence-corrected chi connectivity index (χ1v) is 11.1. The van der Waals surface area contributed by atoms with Crippen molar-refractivity contribution >= 4 is 22.9 Å². The summed E-state index contributed by atoms with van der Waals surface area (Å²) in [5.74, 6) is 0.206. The average Bonchev–Trinajstić information content (AvgIpc) is 3.16. The van der Waals surface area contributed by atoms with E-state index >= 15 is 0 Å². The Labute approximate surface area is 171 Å². The minimum absolute atomic E-state index is 0.206. The van der Waals surface area contributed by atoms with Gasteiger partial charge in [0.15, 0.2) is 0 Å². The lowest BCUT2D eigenvalue weighted by molar-refractivity contribution is -0.131. The van der Waals surface area contributed by atoms with E-state index in [4.69, 9.17) is 0 Å². The van der Waals surface area contributed by atoms with Crippen LogP contribution in [0.4, 0.5) is 5.69 Å². The Morgan fingerprint density at radius 3 is 2.79 bits per heavy atom. The highest BCUT2D eigenvalue weighted by Gasteiger charge is 2.33. The second-order valence-electron chi connectivity index (χ2n) is 8.12. The maximum absolute atomic E-state index is 13.3. The number of nitrogens with one attached hydrogen (secondary N) is 1. The molecule has 0 radical (unpaired) electrons. The predicted molar refractivity (Wildman–Crippen MR) is 115 cm³/mol. The molecule has 0 spiro atoms. The zero-order valence-electron chi connectivity index (χ0n) is 17.1. The molecule has 4 rings (SSSR count). The van der Waals surface area contributed by atoms with Crippen molar-refractivity contribution < 1.29 is 4.79 Å². The Morgan fingerprint density at radius 1 is 1.21 bits per heavy atom. The summed E-state index contributed by atoms with van der Waals surface area (Å²) < 4.78 is 0. The number of para-hydroxylation sites is 1. The second-order valence-corrected chi connectivity index (χ2v) is 9.40. The van der Waals surface area contributed by atoms with Gasteiger partial charge in [0.2, 0.25) is 5.91 Å². The second kappa shape index (κ2) is 8.21. The number of nitrogens with zero attached hydrogens (tertiary/aromatic N) is 3. The van der Waals surface area contributed by atoms with E-state index in [0.29, 0.717) is 25.0 Å². The maximum atomic E-state index is 13.3. The van der Waals surface area contributed by atoms with Crippen LogP contribution in [0.25, 0.3) is 0 Å². The zero-order chi connectivity index (χ0) is 19.7. The highest BCUT2D eigenvalue weighted by molar-refractivity contribution is 7.11. The highest BCUT2D eigenvalue weighted by atomic mass is 32.1. The van der Waals surface area contributed by atoms with Gasteiger partial charge < -0.3 is 10.2 Å². The van der Waals surface area contributed by atoms with Gasteiger partial charge >= 0.3 is 0 Å². The molecule has 0 aliphatic carbocycles. The number of rotatable bonds is 2. The normalized spacial score (nSPS) is 23.0. The Kier molecular flexibility index (Phi) is 5.69. The van der Waals surface area contributed by atoms with Gasteiger partial charge in [0, 0.05) is 42.3 Å². The molecular weight excluding hydrogens is 368 g/mol. The third kappa shape index (κ3) is 4.08. The number of carbonyl (C=O) groups excluding carboxylic acids is 1. The summed E-state index contributed by atoms with van der Waals surface area (Å²) in [7, 11) is 2.23. The molecule has 0 unspecified atom stereocenters. The summed E-state index contributed by atoms with van der Waals surface area (Å²) in [5, 5.41) is 4.65. The predicted octanol–water partition coefficient (Wildman–Crippen LogP) is 3.61. The van der Waals surface area contributed by atoms with E-state index in [9.17, 15) is 4.79 Å². The molecule has 1 saturated heterocycles. The molecule has 150 valence electrons. The van der Waals surface area contributed by atoms with Crippen molar-refractivity contribution in [1.29, 1.82) is 0 Å². The fourth-order valence-corrected chi connectivity index (χ4v) is 5.49. The molecule has 5 nitrogen and oxygen atoms in total. The molecule has 6 heteroatoms. The molecule has 2 aromatic rings. The molecule has 1 aromatic carbocycles. The molecule has 3 heterocycles. The average molecular weight is 399 g/mol. The van der Waals surface area contributed by atoms with Gasteiger partial charge in [0.05, 0.1) is 17.1 Å². The fourth-order valence-electron chi connectivity index (χ4n) is 4.56. The van der Waals surface area contributed by atoms with Crippen LogP contribution in [-0.2, 0) is 17.8 Å². The Hall–Kier alpha value is -1.92. The van der Waals surface area contributed by atoms with Crippen molar-refractivity contribution in [3.05, 3.63) is 45.4 Å². The molecule has 1 N–H and O–H groups in total. The summed E-state index contributed by atoms with van der Waals surface area (Å²) in [6.07, 6.45) is 3.99. The third-order valence-corrected chi connectivity index (χ3v) is 7.32. The molecule has 28 heavy (non-hydrogen) atoms. The number of likely N-dealkylation sites (N-methyl/N-ethyl adjacent to an activating group) is 1. The summed E-state index contributed by atoms with van der Waals surface area (Å²) in [5.41, 5.74) is 3.35. The van der Waals surface area contributed by atoms with E-state index in [1.165, 1.54) is 18.4 Å². The molecular formula is C22H30N4OS. The van der Waals surface area contributed by atoms with Crippen molar-refractivity contribution in [2.45, 2.75) is 58.2 Å². The fraction of sp³-hybridized carbons (Fsp3) is 0.545. The smallest absolute Gasteiger partial charge is 0.228 e. The van der Waals surface area contributed by atoms with Gasteiger partial charge in [-0.05, 0) is 51.8 Å². The van der Waals surface area contributed by atoms with Gasteiger partial charge in [0.1, 0.15) is 0 Å². The van der Waals surface area contributed by atoms with E-state index in [2.05, 4.69) is 51.4 Å². The van der Waals surface area contributed by atoms with Crippen molar-refractivity contribution in [3.63, 3.8) is 0 Å². The SMILES string of the molecule is Cc1nc(C)c(CC(=O)N2Cc3ccccc3NCC[C@@H]3CC[C@H](C2)N3C)s1. The van der Waals surface area contributed by atoms with E-state index in [-0.39, 0.29) is 5.91 Å². The topological polar surface area (TPSA) is 48.5 Å². The lowest BCUT2D eigenvalue weighted by Gasteiger charge is -2.31. The molecule has 1 amide bonds. The van der Waals surface area contributed by atoms with Crippen LogP contribution in [0, 0.1) is 13.8 Å². The number of carbonyl (C=O) groups is 1. The van der Waals surface area contributed by atoms with Gasteiger partial charge in [-0.1, -0.05) is 18.2 Å². The van der Waals surface area contributed by atoms with Crippen LogP contribution in [0.2, 0.25) is 0 Å². The lowest BCUT2D eigenvalue weighted by atomic mass is 10.1. The van der Waals surface area contributed by atoms with Crippen LogP contribution in [-0.4, -0.2) is 52.9 Å². The lowest BCUT2D eigenvalue weighted by Crippen LogP contribution is -2.43. The number of hydrogen-bond acceptors (Lipinski definition) is 5. The number of hydrogen-bond donors (Lipinski definition) is 1. The summed E-state index contributed by atoms with van der Waals surface area (Å²) in [6.45, 7) is 6.46. The minimum atomic E-state index is 0.206. The van der Waals surface area contributed by atoms with E-state index in [0.717, 1.165) is 40.8 Å². The highest BCUT2D eigenvalue weighted by Crippen LogP contribution is 2.28. The summed E-state index contributed by atoms with van der Waals surface area (Å²) >= 11 is 1.65. The van der Waals surface area contributed by atoms with Gasteiger partial charge in [-0.3, -0.25) is 9.69 Å². The summed E-state index contributed by atoms with van der Waals surface area (Å²) in [6, 6.07) is 9.46. The van der Waals surface area contributed by atoms with Gasteiger partial charge in [-0.25, -0.2) is 4.98 Å². The third-order valence-electron chi connectivity index (χ3n) is 6.25. The van der Waals surface area contributed by atoms with Crippen LogP contribution in [0.3, 0.4) is 0 Å². The van der Waals surface area contributed by atoms with Crippen LogP contribution in [0.15, 0.2) is 24.3 Å². The minimum Gasteiger partial charge on any atom is -0.385 e. The first kappa shape index (κ1) is 19.4. The van der Waals surface area contributed by atoms with Crippen molar-refractivity contribution in [3.8, 4) is 0 Å². The number of thiazole rings is 1. The number of anilines is 1. The number of benzene rings is 1. The van der Waals surface area contributed by atoms with E-state index in [1.807, 2.05) is 13.8 Å². The zero-order valence-corrected chi connectivity index (χ0v) is 17.9. The van der Waals surface area contributed by atoms with Crippen molar-refractivity contribution in [2.75, 3.05) is 25.5 Å². The summed E-state index contributed by atoms with van der Waals surface area (Å²) in [4.78, 5) is 23.5. The van der Waals surface area contributed by atoms with Gasteiger partial charge in [-0.2, -0.15) is 0 Å². The largest absolute Gasteiger partial charge is 0.385 e. The van der Waals surface area contributed by atoms with E-state index < -0.39 is 0 Å². The first-order chi connectivity index (χ1) is 13.5. The molecule has 0 saturated carbocycles. The van der Waals surface area contributed by atoms with Crippen molar-refractivity contribution in [2.24, 2.45) is 0 Å². The number of fused-ring (bicyclic) bond motifs is 3. The monoisotopic (exact) mass is 398 g/mol. The quantitative estimate of drug-likeness (QED) is 0.840. The number of aryl methyl sites for hydroxylation is 2. The van der Waals surface area contributed by atoms with Gasteiger partial charge in [0.25, 0.3) is 0 Å². The Bertz CT molecular complexity index is 849. The van der Waals surface area contributed by atoms with Crippen LogP contribution >= 0.6 is 11.3 Å². The Balaban J connectivity index is 1.61. The van der Waals surface area contributed by atoms with Crippen LogP contribution in [0.5, 0.6) is 0 Å². The number of amides is 1.